The van der Waals surface area contributed by atoms with Crippen molar-refractivity contribution in [3.63, 3.8) is 0 Å². The number of halogens is 1. The molecule has 0 unspecified atom stereocenters. The lowest BCUT2D eigenvalue weighted by Crippen LogP contribution is -2.11. The fraction of sp³-hybridized carbons (Fsp3) is 0.167. The summed E-state index contributed by atoms with van der Waals surface area (Å²) in [6, 6.07) is 9.05. The predicted octanol–water partition coefficient (Wildman–Crippen LogP) is 2.99. The van der Waals surface area contributed by atoms with Crippen molar-refractivity contribution >= 4 is 27.7 Å². The van der Waals surface area contributed by atoms with Crippen molar-refractivity contribution in [1.82, 2.24) is 10.2 Å². The molecule has 0 fully saturated rings. The third kappa shape index (κ3) is 2.94. The highest BCUT2D eigenvalue weighted by molar-refractivity contribution is 9.10. The first-order valence-electron chi connectivity index (χ1n) is 5.30. The van der Waals surface area contributed by atoms with Gasteiger partial charge in [-0.15, -0.1) is 0 Å². The second-order valence-electron chi connectivity index (χ2n) is 3.60. The van der Waals surface area contributed by atoms with E-state index in [0.717, 1.165) is 16.6 Å². The number of hydrogen-bond donors (Lipinski definition) is 2. The molecular weight excluding hydrogens is 282 g/mol. The number of aryl methyl sites for hydroxylation is 1. The first kappa shape index (κ1) is 11.9. The van der Waals surface area contributed by atoms with Crippen LogP contribution in [0.15, 0.2) is 34.8 Å². The lowest BCUT2D eigenvalue weighted by molar-refractivity contribution is 0.102. The molecule has 1 heterocycles. The van der Waals surface area contributed by atoms with Crippen molar-refractivity contribution in [3.05, 3.63) is 46.1 Å². The maximum absolute atomic E-state index is 11.9. The Bertz CT molecular complexity index is 536. The van der Waals surface area contributed by atoms with Crippen molar-refractivity contribution in [3.8, 4) is 0 Å². The Balaban J connectivity index is 2.11. The van der Waals surface area contributed by atoms with E-state index in [9.17, 15) is 4.79 Å². The Morgan fingerprint density at radius 2 is 2.29 bits per heavy atom. The summed E-state index contributed by atoms with van der Waals surface area (Å²) >= 11 is 3.33. The van der Waals surface area contributed by atoms with Gasteiger partial charge in [-0.25, -0.2) is 0 Å². The highest BCUT2D eigenvalue weighted by atomic mass is 79.9. The lowest BCUT2D eigenvalue weighted by atomic mass is 10.2. The summed E-state index contributed by atoms with van der Waals surface area (Å²) in [5.41, 5.74) is 1.59. The van der Waals surface area contributed by atoms with Crippen LogP contribution in [-0.2, 0) is 6.42 Å². The predicted molar refractivity (Wildman–Crippen MR) is 70.1 cm³/mol. The molecule has 1 aromatic carbocycles. The number of H-pyrrole nitrogens is 1. The first-order chi connectivity index (χ1) is 8.19. The van der Waals surface area contributed by atoms with Gasteiger partial charge in [0.05, 0.1) is 0 Å². The molecule has 0 bridgehead atoms. The minimum atomic E-state index is -0.166. The Kier molecular flexibility index (Phi) is 3.58. The Hall–Kier alpha value is -1.62. The normalized spacial score (nSPS) is 10.2. The molecule has 0 saturated carbocycles. The summed E-state index contributed by atoms with van der Waals surface area (Å²) in [5.74, 6) is 0.382. The van der Waals surface area contributed by atoms with Gasteiger partial charge in [-0.1, -0.05) is 28.9 Å². The van der Waals surface area contributed by atoms with Gasteiger partial charge >= 0.3 is 0 Å². The van der Waals surface area contributed by atoms with Gasteiger partial charge in [0.2, 0.25) is 0 Å². The maximum atomic E-state index is 11.9. The summed E-state index contributed by atoms with van der Waals surface area (Å²) in [6.45, 7) is 2.02. The third-order valence-corrected chi connectivity index (χ3v) is 2.83. The molecule has 0 saturated heterocycles. The van der Waals surface area contributed by atoms with E-state index >= 15 is 0 Å². The number of amides is 1. The number of aromatic nitrogens is 2. The van der Waals surface area contributed by atoms with Crippen molar-refractivity contribution in [2.24, 2.45) is 0 Å². The van der Waals surface area contributed by atoms with Crippen LogP contribution in [0.4, 0.5) is 5.82 Å². The number of benzene rings is 1. The van der Waals surface area contributed by atoms with Gasteiger partial charge in [0.15, 0.2) is 5.82 Å². The van der Waals surface area contributed by atoms with E-state index in [1.54, 1.807) is 12.1 Å². The average Bonchev–Trinajstić information content (AvgIpc) is 2.77. The summed E-state index contributed by atoms with van der Waals surface area (Å²) in [7, 11) is 0. The maximum Gasteiger partial charge on any atom is 0.256 e. The van der Waals surface area contributed by atoms with Gasteiger partial charge in [-0.2, -0.15) is 5.10 Å². The first-order valence-corrected chi connectivity index (χ1v) is 6.09. The molecule has 0 spiro atoms. The van der Waals surface area contributed by atoms with Crippen LogP contribution in [0, 0.1) is 0 Å². The molecular formula is C12H12BrN3O. The van der Waals surface area contributed by atoms with Gasteiger partial charge in [0, 0.05) is 21.8 Å². The fourth-order valence-electron chi connectivity index (χ4n) is 1.42. The van der Waals surface area contributed by atoms with Crippen LogP contribution in [0.2, 0.25) is 0 Å². The number of nitrogens with zero attached hydrogens (tertiary/aromatic N) is 1. The molecule has 0 aliphatic rings. The van der Waals surface area contributed by atoms with E-state index in [-0.39, 0.29) is 5.91 Å². The molecule has 0 aliphatic carbocycles. The summed E-state index contributed by atoms with van der Waals surface area (Å²) in [4.78, 5) is 11.9. The largest absolute Gasteiger partial charge is 0.305 e. The van der Waals surface area contributed by atoms with Crippen molar-refractivity contribution in [2.45, 2.75) is 13.3 Å². The van der Waals surface area contributed by atoms with Crippen LogP contribution in [0.1, 0.15) is 23.0 Å². The number of nitrogens with one attached hydrogen (secondary N) is 2. The van der Waals surface area contributed by atoms with Crippen LogP contribution in [0.5, 0.6) is 0 Å². The molecule has 17 heavy (non-hydrogen) atoms. The zero-order valence-corrected chi connectivity index (χ0v) is 10.9. The molecule has 2 aromatic rings. The molecule has 88 valence electrons. The number of rotatable bonds is 3. The summed E-state index contributed by atoms with van der Waals surface area (Å²) in [5, 5.41) is 9.59. The number of anilines is 1. The lowest BCUT2D eigenvalue weighted by Gasteiger charge is -2.01. The fourth-order valence-corrected chi connectivity index (χ4v) is 1.82. The average molecular weight is 294 g/mol. The summed E-state index contributed by atoms with van der Waals surface area (Å²) < 4.78 is 0.876. The van der Waals surface area contributed by atoms with Crippen LogP contribution in [0.25, 0.3) is 0 Å². The van der Waals surface area contributed by atoms with Crippen molar-refractivity contribution in [2.75, 3.05) is 5.32 Å². The zero-order valence-electron chi connectivity index (χ0n) is 9.33. The second kappa shape index (κ2) is 5.14. The van der Waals surface area contributed by atoms with E-state index in [2.05, 4.69) is 31.4 Å². The Morgan fingerprint density at radius 1 is 1.47 bits per heavy atom. The molecule has 5 heteroatoms. The van der Waals surface area contributed by atoms with Gasteiger partial charge < -0.3 is 5.32 Å². The molecule has 4 nitrogen and oxygen atoms in total. The second-order valence-corrected chi connectivity index (χ2v) is 4.51. The van der Waals surface area contributed by atoms with Crippen LogP contribution in [0.3, 0.4) is 0 Å². The van der Waals surface area contributed by atoms with Crippen LogP contribution < -0.4 is 5.32 Å². The highest BCUT2D eigenvalue weighted by Crippen LogP contribution is 2.13. The number of carbonyl (C=O) groups excluding carboxylic acids is 1. The van der Waals surface area contributed by atoms with Crippen LogP contribution >= 0.6 is 15.9 Å². The standard InChI is InChI=1S/C12H12BrN3O/c1-2-10-7-11(16-15-10)14-12(17)8-4-3-5-9(13)6-8/h3-7H,2H2,1H3,(H2,14,15,16,17). The summed E-state index contributed by atoms with van der Waals surface area (Å²) in [6.07, 6.45) is 0.861. The van der Waals surface area contributed by atoms with Crippen molar-refractivity contribution in [1.29, 1.82) is 0 Å². The van der Waals surface area contributed by atoms with Crippen LogP contribution in [-0.4, -0.2) is 16.1 Å². The molecule has 0 radical (unpaired) electrons. The minimum Gasteiger partial charge on any atom is -0.305 e. The molecule has 0 atom stereocenters. The molecule has 2 N–H and O–H groups in total. The molecule has 2 rings (SSSR count). The van der Waals surface area contributed by atoms with Gasteiger partial charge in [0.1, 0.15) is 0 Å². The van der Waals surface area contributed by atoms with Gasteiger partial charge in [-0.05, 0) is 24.6 Å². The topological polar surface area (TPSA) is 57.8 Å². The highest BCUT2D eigenvalue weighted by Gasteiger charge is 2.08. The molecule has 1 aromatic heterocycles. The van der Waals surface area contributed by atoms with E-state index < -0.39 is 0 Å². The SMILES string of the molecule is CCc1cc(NC(=O)c2cccc(Br)c2)n[nH]1. The van der Waals surface area contributed by atoms with Gasteiger partial charge in [0.25, 0.3) is 5.91 Å². The number of hydrogen-bond acceptors (Lipinski definition) is 2. The quantitative estimate of drug-likeness (QED) is 0.914. The van der Waals surface area contributed by atoms with Crippen molar-refractivity contribution < 1.29 is 4.79 Å². The number of carbonyl (C=O) groups is 1. The van der Waals surface area contributed by atoms with E-state index in [1.807, 2.05) is 25.1 Å². The van der Waals surface area contributed by atoms with E-state index in [4.69, 9.17) is 0 Å². The minimum absolute atomic E-state index is 0.166. The number of aromatic amines is 1. The Morgan fingerprint density at radius 3 is 2.94 bits per heavy atom. The molecule has 0 aliphatic heterocycles. The smallest absolute Gasteiger partial charge is 0.256 e. The van der Waals surface area contributed by atoms with E-state index in [0.29, 0.717) is 11.4 Å². The Labute approximate surface area is 108 Å². The monoisotopic (exact) mass is 293 g/mol. The van der Waals surface area contributed by atoms with Gasteiger partial charge in [-0.3, -0.25) is 9.89 Å². The third-order valence-electron chi connectivity index (χ3n) is 2.34. The molecule has 1 amide bonds. The van der Waals surface area contributed by atoms with E-state index in [1.165, 1.54) is 0 Å². The zero-order chi connectivity index (χ0) is 12.3.